The van der Waals surface area contributed by atoms with Gasteiger partial charge in [-0.1, -0.05) is 0 Å². The number of non-ortho nitro benzene ring substituents is 1. The second-order valence-corrected chi connectivity index (χ2v) is 6.20. The minimum Gasteiger partial charge on any atom is -0.494 e. The minimum atomic E-state index is -5.08. The third-order valence-electron chi connectivity index (χ3n) is 3.98. The second kappa shape index (κ2) is 9.47. The van der Waals surface area contributed by atoms with Crippen molar-refractivity contribution in [2.75, 3.05) is 17.7 Å². The molecule has 0 radical (unpaired) electrons. The van der Waals surface area contributed by atoms with Gasteiger partial charge in [0.15, 0.2) is 0 Å². The van der Waals surface area contributed by atoms with Crippen LogP contribution in [0.3, 0.4) is 0 Å². The van der Waals surface area contributed by atoms with Crippen LogP contribution in [0.1, 0.15) is 11.1 Å². The molecule has 0 aliphatic carbocycles. The molecule has 2 N–H and O–H groups in total. The molecule has 174 valence electrons. The van der Waals surface area contributed by atoms with Gasteiger partial charge in [0.2, 0.25) is 0 Å². The number of nitrogens with one attached hydrogen (secondary N) is 2. The van der Waals surface area contributed by atoms with Gasteiger partial charge in [0, 0.05) is 18.0 Å². The number of anilines is 2. The fourth-order valence-corrected chi connectivity index (χ4v) is 2.43. The van der Waals surface area contributed by atoms with Gasteiger partial charge in [-0.05, 0) is 24.3 Å². The summed E-state index contributed by atoms with van der Waals surface area (Å²) in [4.78, 5) is 22.4. The van der Waals surface area contributed by atoms with E-state index in [1.165, 1.54) is 6.07 Å². The number of hydrogen-bond acceptors (Lipinski definition) is 6. The number of carbonyl (C=O) groups excluding carboxylic acids is 1. The molecule has 8 nitrogen and oxygen atoms in total. The highest BCUT2D eigenvalue weighted by Crippen LogP contribution is 2.37. The van der Waals surface area contributed by atoms with E-state index in [0.29, 0.717) is 18.3 Å². The summed E-state index contributed by atoms with van der Waals surface area (Å²) < 4.78 is 82.6. The zero-order valence-electron chi connectivity index (χ0n) is 16.3. The molecule has 33 heavy (non-hydrogen) atoms. The number of halogens is 6. The molecule has 0 spiro atoms. The van der Waals surface area contributed by atoms with Crippen LogP contribution in [0.4, 0.5) is 43.4 Å². The molecular formula is C19H12F6N4O4. The molecular weight excluding hydrogens is 462 g/mol. The monoisotopic (exact) mass is 474 g/mol. The van der Waals surface area contributed by atoms with E-state index < -0.39 is 45.6 Å². The van der Waals surface area contributed by atoms with E-state index in [9.17, 15) is 41.3 Å². The van der Waals surface area contributed by atoms with Crippen LogP contribution in [0.15, 0.2) is 48.2 Å². The number of ether oxygens (including phenoxy) is 1. The van der Waals surface area contributed by atoms with Crippen LogP contribution in [0.2, 0.25) is 0 Å². The molecule has 2 aromatic carbocycles. The molecule has 0 aromatic heterocycles. The molecule has 2 rings (SSSR count). The van der Waals surface area contributed by atoms with Crippen molar-refractivity contribution in [1.29, 1.82) is 5.26 Å². The van der Waals surface area contributed by atoms with Crippen molar-refractivity contribution >= 4 is 23.0 Å². The summed E-state index contributed by atoms with van der Waals surface area (Å²) in [5.41, 5.74) is -5.01. The number of alkyl halides is 6. The molecule has 0 bridgehead atoms. The number of methoxy groups -OCH3 is 1. The fraction of sp³-hybridized carbons (Fsp3) is 0.158. The summed E-state index contributed by atoms with van der Waals surface area (Å²) in [6.07, 6.45) is -9.55. The SMILES string of the molecule is COc1cc([N+](=O)[O-])ccc1NC(=O)/C(C#N)=C\Nc1cc(C(F)(F)F)cc(C(F)(F)F)c1. The van der Waals surface area contributed by atoms with Crippen molar-refractivity contribution in [1.82, 2.24) is 0 Å². The molecule has 0 heterocycles. The van der Waals surface area contributed by atoms with Crippen molar-refractivity contribution in [3.8, 4) is 11.8 Å². The summed E-state index contributed by atoms with van der Waals surface area (Å²) in [6, 6.07) is 5.25. The summed E-state index contributed by atoms with van der Waals surface area (Å²) in [5, 5.41) is 24.3. The molecule has 0 aliphatic rings. The third kappa shape index (κ3) is 6.35. The number of carbonyl (C=O) groups is 1. The van der Waals surface area contributed by atoms with Crippen molar-refractivity contribution in [3.05, 3.63) is 69.4 Å². The summed E-state index contributed by atoms with van der Waals surface area (Å²) in [6.45, 7) is 0. The zero-order valence-corrected chi connectivity index (χ0v) is 16.3. The molecule has 2 aromatic rings. The van der Waals surface area contributed by atoms with Crippen molar-refractivity contribution < 1.29 is 40.8 Å². The highest BCUT2D eigenvalue weighted by Gasteiger charge is 2.36. The first kappa shape index (κ1) is 25.0. The lowest BCUT2D eigenvalue weighted by molar-refractivity contribution is -0.384. The lowest BCUT2D eigenvalue weighted by Crippen LogP contribution is -2.15. The molecule has 14 heteroatoms. The smallest absolute Gasteiger partial charge is 0.416 e. The van der Waals surface area contributed by atoms with Gasteiger partial charge in [-0.25, -0.2) is 0 Å². The quantitative estimate of drug-likeness (QED) is 0.198. The topological polar surface area (TPSA) is 117 Å². The first-order chi connectivity index (χ1) is 15.3. The second-order valence-electron chi connectivity index (χ2n) is 6.20. The lowest BCUT2D eigenvalue weighted by Gasteiger charge is -2.14. The van der Waals surface area contributed by atoms with Gasteiger partial charge in [-0.15, -0.1) is 0 Å². The van der Waals surface area contributed by atoms with E-state index >= 15 is 0 Å². The minimum absolute atomic E-state index is 0.0757. The normalized spacial score (nSPS) is 12.0. The van der Waals surface area contributed by atoms with Crippen molar-refractivity contribution in [2.24, 2.45) is 0 Å². The number of hydrogen-bond donors (Lipinski definition) is 2. The van der Waals surface area contributed by atoms with Gasteiger partial charge in [-0.2, -0.15) is 31.6 Å². The van der Waals surface area contributed by atoms with E-state index in [1.807, 2.05) is 0 Å². The van der Waals surface area contributed by atoms with E-state index in [2.05, 4.69) is 10.6 Å². The Hall–Kier alpha value is -4.28. The molecule has 0 unspecified atom stereocenters. The summed E-state index contributed by atoms with van der Waals surface area (Å²) in [7, 11) is 1.16. The number of nitrogens with zero attached hydrogens (tertiary/aromatic N) is 2. The summed E-state index contributed by atoms with van der Waals surface area (Å²) in [5.74, 6) is -1.24. The molecule has 0 saturated heterocycles. The average molecular weight is 474 g/mol. The number of nitro groups is 1. The van der Waals surface area contributed by atoms with Crippen molar-refractivity contribution in [2.45, 2.75) is 12.4 Å². The van der Waals surface area contributed by atoms with E-state index in [1.54, 1.807) is 0 Å². The van der Waals surface area contributed by atoms with Crippen LogP contribution < -0.4 is 15.4 Å². The zero-order chi connectivity index (χ0) is 25.0. The van der Waals surface area contributed by atoms with Gasteiger partial charge in [-0.3, -0.25) is 14.9 Å². The number of amides is 1. The molecule has 0 aliphatic heterocycles. The third-order valence-corrected chi connectivity index (χ3v) is 3.98. The fourth-order valence-electron chi connectivity index (χ4n) is 2.43. The Morgan fingerprint density at radius 2 is 1.67 bits per heavy atom. The number of rotatable bonds is 6. The highest BCUT2D eigenvalue weighted by atomic mass is 19.4. The van der Waals surface area contributed by atoms with Crippen LogP contribution in [-0.2, 0) is 17.1 Å². The Labute approximate surface area is 181 Å². The Balaban J connectivity index is 2.33. The largest absolute Gasteiger partial charge is 0.494 e. The maximum atomic E-state index is 12.9. The van der Waals surface area contributed by atoms with Crippen LogP contribution in [0, 0.1) is 21.4 Å². The van der Waals surface area contributed by atoms with Gasteiger partial charge < -0.3 is 15.4 Å². The van der Waals surface area contributed by atoms with E-state index in [4.69, 9.17) is 10.00 Å². The van der Waals surface area contributed by atoms with Crippen LogP contribution >= 0.6 is 0 Å². The Morgan fingerprint density at radius 3 is 2.12 bits per heavy atom. The Bertz CT molecular complexity index is 1120. The molecule has 0 saturated carbocycles. The lowest BCUT2D eigenvalue weighted by atomic mass is 10.1. The number of benzene rings is 2. The predicted molar refractivity (Wildman–Crippen MR) is 102 cm³/mol. The van der Waals surface area contributed by atoms with Crippen LogP contribution in [-0.4, -0.2) is 17.9 Å². The van der Waals surface area contributed by atoms with E-state index in [-0.39, 0.29) is 23.2 Å². The van der Waals surface area contributed by atoms with Crippen molar-refractivity contribution in [3.63, 3.8) is 0 Å². The van der Waals surface area contributed by atoms with Gasteiger partial charge in [0.1, 0.15) is 17.4 Å². The number of nitro benzene ring substituents is 1. The average Bonchev–Trinajstić information content (AvgIpc) is 2.72. The standard InChI is InChI=1S/C19H12F6N4O4/c1-33-16-7-14(29(31)32)2-3-15(16)28-17(30)10(8-26)9-27-13-5-11(18(20,21)22)4-12(6-13)19(23,24)25/h2-7,9,27H,1H3,(H,28,30)/b10-9-. The molecule has 1 amide bonds. The van der Waals surface area contributed by atoms with Gasteiger partial charge in [0.05, 0.1) is 34.9 Å². The maximum absolute atomic E-state index is 12.9. The van der Waals surface area contributed by atoms with Gasteiger partial charge in [0.25, 0.3) is 11.6 Å². The molecule has 0 fully saturated rings. The Morgan fingerprint density at radius 1 is 1.09 bits per heavy atom. The van der Waals surface area contributed by atoms with Crippen LogP contribution in [0.5, 0.6) is 5.75 Å². The Kier molecular flexibility index (Phi) is 7.17. The van der Waals surface area contributed by atoms with Crippen LogP contribution in [0.25, 0.3) is 0 Å². The molecule has 0 atom stereocenters. The van der Waals surface area contributed by atoms with E-state index in [0.717, 1.165) is 25.3 Å². The predicted octanol–water partition coefficient (Wildman–Crippen LogP) is 5.10. The first-order valence-electron chi connectivity index (χ1n) is 8.56. The van der Waals surface area contributed by atoms with Gasteiger partial charge >= 0.3 is 12.4 Å². The summed E-state index contributed by atoms with van der Waals surface area (Å²) >= 11 is 0. The number of nitriles is 1. The first-order valence-corrected chi connectivity index (χ1v) is 8.56. The maximum Gasteiger partial charge on any atom is 0.416 e. The highest BCUT2D eigenvalue weighted by molar-refractivity contribution is 6.07.